The van der Waals surface area contributed by atoms with Crippen molar-refractivity contribution in [3.63, 3.8) is 0 Å². The number of aliphatic hydroxyl groups excluding tert-OH is 1. The van der Waals surface area contributed by atoms with Crippen LogP contribution in [0, 0.1) is 0 Å². The molecule has 0 aliphatic carbocycles. The van der Waals surface area contributed by atoms with Crippen LogP contribution in [-0.4, -0.2) is 41.7 Å². The number of hydrogen-bond donors (Lipinski definition) is 2. The van der Waals surface area contributed by atoms with Crippen LogP contribution in [0.5, 0.6) is 0 Å². The molecule has 1 atom stereocenters. The van der Waals surface area contributed by atoms with Crippen LogP contribution in [0.3, 0.4) is 0 Å². The molecule has 1 saturated heterocycles. The molecule has 4 nitrogen and oxygen atoms in total. The smallest absolute Gasteiger partial charge is 0.238 e. The number of anilines is 1. The standard InChI is InChI=1S/C13H18N2O2/c16-12-7-4-8-15(9-12)10-13(17)14-11-5-2-1-3-6-11/h1-3,5-6,12,16H,4,7-10H2,(H,14,17)/t12-/m1/s1. The highest BCUT2D eigenvalue weighted by atomic mass is 16.3. The van der Waals surface area contributed by atoms with Gasteiger partial charge < -0.3 is 10.4 Å². The molecule has 1 aromatic rings. The van der Waals surface area contributed by atoms with Crippen LogP contribution in [0.1, 0.15) is 12.8 Å². The summed E-state index contributed by atoms with van der Waals surface area (Å²) in [5.41, 5.74) is 0.815. The maximum Gasteiger partial charge on any atom is 0.238 e. The van der Waals surface area contributed by atoms with Crippen molar-refractivity contribution in [1.82, 2.24) is 4.90 Å². The van der Waals surface area contributed by atoms with E-state index >= 15 is 0 Å². The molecular formula is C13H18N2O2. The van der Waals surface area contributed by atoms with Crippen molar-refractivity contribution >= 4 is 11.6 Å². The first kappa shape index (κ1) is 12.1. The Morgan fingerprint density at radius 1 is 1.41 bits per heavy atom. The van der Waals surface area contributed by atoms with E-state index in [0.29, 0.717) is 13.1 Å². The number of rotatable bonds is 3. The second-order valence-corrected chi connectivity index (χ2v) is 4.45. The molecule has 4 heteroatoms. The summed E-state index contributed by atoms with van der Waals surface area (Å²) in [6.45, 7) is 1.84. The molecule has 0 saturated carbocycles. The lowest BCUT2D eigenvalue weighted by atomic mass is 10.1. The molecule has 2 rings (SSSR count). The third kappa shape index (κ3) is 3.84. The SMILES string of the molecule is O=C(CN1CCC[C@@H](O)C1)Nc1ccccc1. The lowest BCUT2D eigenvalue weighted by Gasteiger charge is -2.29. The highest BCUT2D eigenvalue weighted by Crippen LogP contribution is 2.10. The molecule has 17 heavy (non-hydrogen) atoms. The second-order valence-electron chi connectivity index (χ2n) is 4.45. The Bertz CT molecular complexity index is 367. The molecule has 2 N–H and O–H groups in total. The topological polar surface area (TPSA) is 52.6 Å². The second kappa shape index (κ2) is 5.80. The Hall–Kier alpha value is -1.39. The maximum absolute atomic E-state index is 11.8. The number of nitrogens with zero attached hydrogens (tertiary/aromatic N) is 1. The van der Waals surface area contributed by atoms with Gasteiger partial charge in [-0.05, 0) is 31.5 Å². The molecule has 1 aliphatic rings. The first-order chi connectivity index (χ1) is 8.24. The first-order valence-corrected chi connectivity index (χ1v) is 5.99. The first-order valence-electron chi connectivity index (χ1n) is 5.99. The van der Waals surface area contributed by atoms with Gasteiger partial charge in [0.1, 0.15) is 0 Å². The van der Waals surface area contributed by atoms with Crippen LogP contribution < -0.4 is 5.32 Å². The van der Waals surface area contributed by atoms with Crippen molar-refractivity contribution < 1.29 is 9.90 Å². The highest BCUT2D eigenvalue weighted by molar-refractivity contribution is 5.92. The largest absolute Gasteiger partial charge is 0.392 e. The Labute approximate surface area is 101 Å². The number of amides is 1. The Kier molecular flexibility index (Phi) is 4.12. The van der Waals surface area contributed by atoms with E-state index in [1.807, 2.05) is 35.2 Å². The molecule has 0 radical (unpaired) electrons. The van der Waals surface area contributed by atoms with Crippen LogP contribution in [-0.2, 0) is 4.79 Å². The number of likely N-dealkylation sites (tertiary alicyclic amines) is 1. The van der Waals surface area contributed by atoms with Crippen LogP contribution >= 0.6 is 0 Å². The normalized spacial score (nSPS) is 21.1. The van der Waals surface area contributed by atoms with Gasteiger partial charge in [-0.15, -0.1) is 0 Å². The fraction of sp³-hybridized carbons (Fsp3) is 0.462. The summed E-state index contributed by atoms with van der Waals surface area (Å²) in [6, 6.07) is 9.42. The van der Waals surface area contributed by atoms with Crippen molar-refractivity contribution in [3.8, 4) is 0 Å². The number of carbonyl (C=O) groups excluding carboxylic acids is 1. The Morgan fingerprint density at radius 3 is 2.88 bits per heavy atom. The van der Waals surface area contributed by atoms with E-state index in [0.717, 1.165) is 25.1 Å². The summed E-state index contributed by atoms with van der Waals surface area (Å²) in [5.74, 6) is -0.0229. The minimum Gasteiger partial charge on any atom is -0.392 e. The quantitative estimate of drug-likeness (QED) is 0.823. The molecule has 1 heterocycles. The number of aliphatic hydroxyl groups is 1. The van der Waals surface area contributed by atoms with E-state index in [2.05, 4.69) is 5.32 Å². The summed E-state index contributed by atoms with van der Waals surface area (Å²) in [4.78, 5) is 13.7. The molecule has 1 amide bonds. The number of hydrogen-bond acceptors (Lipinski definition) is 3. The minimum atomic E-state index is -0.284. The molecule has 1 aliphatic heterocycles. The molecule has 0 aromatic heterocycles. The van der Waals surface area contributed by atoms with Crippen molar-refractivity contribution in [2.75, 3.05) is 25.0 Å². The van der Waals surface area contributed by atoms with E-state index in [-0.39, 0.29) is 12.0 Å². The summed E-state index contributed by atoms with van der Waals surface area (Å²) in [6.07, 6.45) is 1.52. The van der Waals surface area contributed by atoms with Gasteiger partial charge in [-0.25, -0.2) is 0 Å². The van der Waals surface area contributed by atoms with E-state index in [9.17, 15) is 9.90 Å². The molecule has 92 valence electrons. The zero-order valence-electron chi connectivity index (χ0n) is 9.80. The third-order valence-corrected chi connectivity index (χ3v) is 2.91. The number of β-amino-alcohol motifs (C(OH)–C–C–N with tert-alkyl or cyclic N) is 1. The van der Waals surface area contributed by atoms with Gasteiger partial charge in [-0.2, -0.15) is 0 Å². The Morgan fingerprint density at radius 2 is 2.18 bits per heavy atom. The van der Waals surface area contributed by atoms with E-state index in [1.165, 1.54) is 0 Å². The van der Waals surface area contributed by atoms with Crippen LogP contribution in [0.15, 0.2) is 30.3 Å². The van der Waals surface area contributed by atoms with Crippen molar-refractivity contribution in [3.05, 3.63) is 30.3 Å². The zero-order chi connectivity index (χ0) is 12.1. The number of para-hydroxylation sites is 1. The number of piperidine rings is 1. The lowest BCUT2D eigenvalue weighted by Crippen LogP contribution is -2.42. The predicted molar refractivity (Wildman–Crippen MR) is 66.8 cm³/mol. The maximum atomic E-state index is 11.8. The van der Waals surface area contributed by atoms with Gasteiger partial charge in [0.05, 0.1) is 12.6 Å². The fourth-order valence-corrected chi connectivity index (χ4v) is 2.10. The van der Waals surface area contributed by atoms with Gasteiger partial charge in [-0.3, -0.25) is 9.69 Å². The average molecular weight is 234 g/mol. The van der Waals surface area contributed by atoms with E-state index in [1.54, 1.807) is 0 Å². The molecule has 0 bridgehead atoms. The van der Waals surface area contributed by atoms with Gasteiger partial charge >= 0.3 is 0 Å². The predicted octanol–water partition coefficient (Wildman–Crippen LogP) is 1.08. The van der Waals surface area contributed by atoms with Gasteiger partial charge in [0.15, 0.2) is 0 Å². The summed E-state index contributed by atoms with van der Waals surface area (Å²) >= 11 is 0. The fourth-order valence-electron chi connectivity index (χ4n) is 2.10. The molecular weight excluding hydrogens is 216 g/mol. The summed E-state index contributed by atoms with van der Waals surface area (Å²) < 4.78 is 0. The van der Waals surface area contributed by atoms with Crippen molar-refractivity contribution in [1.29, 1.82) is 0 Å². The van der Waals surface area contributed by atoms with Gasteiger partial charge in [0.25, 0.3) is 0 Å². The number of nitrogens with one attached hydrogen (secondary N) is 1. The summed E-state index contributed by atoms with van der Waals surface area (Å²) in [7, 11) is 0. The zero-order valence-corrected chi connectivity index (χ0v) is 9.80. The third-order valence-electron chi connectivity index (χ3n) is 2.91. The molecule has 1 fully saturated rings. The van der Waals surface area contributed by atoms with Crippen LogP contribution in [0.25, 0.3) is 0 Å². The van der Waals surface area contributed by atoms with Gasteiger partial charge in [0.2, 0.25) is 5.91 Å². The molecule has 0 spiro atoms. The number of benzene rings is 1. The molecule has 1 aromatic carbocycles. The van der Waals surface area contributed by atoms with Crippen molar-refractivity contribution in [2.24, 2.45) is 0 Å². The molecule has 0 unspecified atom stereocenters. The van der Waals surface area contributed by atoms with E-state index in [4.69, 9.17) is 0 Å². The highest BCUT2D eigenvalue weighted by Gasteiger charge is 2.19. The van der Waals surface area contributed by atoms with Crippen molar-refractivity contribution in [2.45, 2.75) is 18.9 Å². The summed E-state index contributed by atoms with van der Waals surface area (Å²) in [5, 5.41) is 12.4. The monoisotopic (exact) mass is 234 g/mol. The lowest BCUT2D eigenvalue weighted by molar-refractivity contribution is -0.118. The van der Waals surface area contributed by atoms with Gasteiger partial charge in [-0.1, -0.05) is 18.2 Å². The number of carbonyl (C=O) groups is 1. The van der Waals surface area contributed by atoms with E-state index < -0.39 is 0 Å². The average Bonchev–Trinajstić information content (AvgIpc) is 2.30. The van der Waals surface area contributed by atoms with Crippen LogP contribution in [0.4, 0.5) is 5.69 Å². The van der Waals surface area contributed by atoms with Gasteiger partial charge in [0, 0.05) is 12.2 Å². The Balaban J connectivity index is 1.81. The van der Waals surface area contributed by atoms with Crippen LogP contribution in [0.2, 0.25) is 0 Å². The minimum absolute atomic E-state index is 0.0229.